The summed E-state index contributed by atoms with van der Waals surface area (Å²) in [7, 11) is 0. The number of aromatic nitrogens is 1. The molecule has 28 heavy (non-hydrogen) atoms. The van der Waals surface area contributed by atoms with Crippen molar-refractivity contribution in [3.8, 4) is 5.88 Å². The summed E-state index contributed by atoms with van der Waals surface area (Å²) in [6, 6.07) is 11.6. The number of carbonyl (C=O) groups is 1. The highest BCUT2D eigenvalue weighted by molar-refractivity contribution is 6.30. The summed E-state index contributed by atoms with van der Waals surface area (Å²) in [6.07, 6.45) is 5.33. The molecule has 150 valence electrons. The predicted molar refractivity (Wildman–Crippen MR) is 113 cm³/mol. The molecule has 1 aliphatic carbocycles. The van der Waals surface area contributed by atoms with E-state index < -0.39 is 0 Å². The van der Waals surface area contributed by atoms with E-state index in [-0.39, 0.29) is 18.1 Å². The van der Waals surface area contributed by atoms with Crippen LogP contribution in [-0.4, -0.2) is 36.1 Å². The monoisotopic (exact) mass is 401 g/mol. The molecule has 0 spiro atoms. The van der Waals surface area contributed by atoms with E-state index in [1.165, 1.54) is 0 Å². The molecule has 1 saturated carbocycles. The molecule has 1 heterocycles. The van der Waals surface area contributed by atoms with Crippen molar-refractivity contribution in [1.82, 2.24) is 10.3 Å². The quantitative estimate of drug-likeness (QED) is 0.730. The van der Waals surface area contributed by atoms with Crippen molar-refractivity contribution < 1.29 is 9.53 Å². The summed E-state index contributed by atoms with van der Waals surface area (Å²) in [6.45, 7) is 6.18. The molecule has 1 amide bonds. The number of halogens is 1. The van der Waals surface area contributed by atoms with Crippen LogP contribution in [0.4, 0.5) is 5.69 Å². The fourth-order valence-corrected chi connectivity index (χ4v) is 3.72. The third kappa shape index (κ3) is 5.38. The van der Waals surface area contributed by atoms with E-state index in [9.17, 15) is 4.79 Å². The van der Waals surface area contributed by atoms with Gasteiger partial charge >= 0.3 is 0 Å². The van der Waals surface area contributed by atoms with Crippen LogP contribution in [0.5, 0.6) is 5.88 Å². The molecule has 0 saturated heterocycles. The standard InChI is InChI=1S/C22H28ClN3O2/c1-3-26(4-2)19-10-5-16(6-11-19)22(27)25-18-8-12-20(13-9-18)28-21-14-7-17(23)15-24-21/h5-7,10-11,14-15,18,20H,3-4,8-9,12-13H2,1-2H3,(H,25,27). The maximum atomic E-state index is 12.6. The van der Waals surface area contributed by atoms with E-state index in [1.807, 2.05) is 24.3 Å². The lowest BCUT2D eigenvalue weighted by Gasteiger charge is -2.29. The number of rotatable bonds is 7. The Morgan fingerprint density at radius 1 is 1.11 bits per heavy atom. The highest BCUT2D eigenvalue weighted by atomic mass is 35.5. The third-order valence-corrected chi connectivity index (χ3v) is 5.48. The number of carbonyl (C=O) groups excluding carboxylic acids is 1. The zero-order valence-corrected chi connectivity index (χ0v) is 17.3. The van der Waals surface area contributed by atoms with Crippen molar-refractivity contribution in [2.75, 3.05) is 18.0 Å². The second-order valence-electron chi connectivity index (χ2n) is 7.10. The van der Waals surface area contributed by atoms with Gasteiger partial charge in [-0.2, -0.15) is 0 Å². The number of benzene rings is 1. The van der Waals surface area contributed by atoms with Crippen LogP contribution < -0.4 is 15.0 Å². The molecule has 2 aromatic rings. The van der Waals surface area contributed by atoms with Gasteiger partial charge in [0.2, 0.25) is 5.88 Å². The van der Waals surface area contributed by atoms with Gasteiger partial charge in [-0.25, -0.2) is 4.98 Å². The van der Waals surface area contributed by atoms with Crippen LogP contribution in [0.2, 0.25) is 5.02 Å². The van der Waals surface area contributed by atoms with Crippen LogP contribution in [0.1, 0.15) is 49.9 Å². The lowest BCUT2D eigenvalue weighted by molar-refractivity contribution is 0.0890. The van der Waals surface area contributed by atoms with Gasteiger partial charge in [0.1, 0.15) is 6.10 Å². The molecule has 1 N–H and O–H groups in total. The van der Waals surface area contributed by atoms with E-state index in [2.05, 4.69) is 29.0 Å². The third-order valence-electron chi connectivity index (χ3n) is 5.26. The molecular weight excluding hydrogens is 374 g/mol. The molecule has 1 aromatic heterocycles. The van der Waals surface area contributed by atoms with Crippen LogP contribution >= 0.6 is 11.6 Å². The molecule has 0 radical (unpaired) electrons. The van der Waals surface area contributed by atoms with Crippen LogP contribution in [-0.2, 0) is 0 Å². The summed E-state index contributed by atoms with van der Waals surface area (Å²) in [5, 5.41) is 3.76. The first kappa shape index (κ1) is 20.5. The number of ether oxygens (including phenoxy) is 1. The molecule has 5 nitrogen and oxygen atoms in total. The van der Waals surface area contributed by atoms with Gasteiger partial charge in [-0.3, -0.25) is 4.79 Å². The molecule has 1 aromatic carbocycles. The Hall–Kier alpha value is -2.27. The Bertz CT molecular complexity index is 752. The maximum Gasteiger partial charge on any atom is 0.251 e. The minimum atomic E-state index is -0.00478. The highest BCUT2D eigenvalue weighted by Crippen LogP contribution is 2.24. The maximum absolute atomic E-state index is 12.6. The van der Waals surface area contributed by atoms with Crippen molar-refractivity contribution in [3.05, 3.63) is 53.2 Å². The van der Waals surface area contributed by atoms with Gasteiger partial charge in [0.25, 0.3) is 5.91 Å². The van der Waals surface area contributed by atoms with E-state index >= 15 is 0 Å². The van der Waals surface area contributed by atoms with Gasteiger partial charge in [0.15, 0.2) is 0 Å². The van der Waals surface area contributed by atoms with E-state index in [1.54, 1.807) is 18.3 Å². The lowest BCUT2D eigenvalue weighted by atomic mass is 9.92. The minimum Gasteiger partial charge on any atom is -0.474 e. The first-order valence-corrected chi connectivity index (χ1v) is 10.4. The van der Waals surface area contributed by atoms with Gasteiger partial charge in [-0.1, -0.05) is 11.6 Å². The normalized spacial score (nSPS) is 19.1. The number of amides is 1. The van der Waals surface area contributed by atoms with Crippen LogP contribution in [0.15, 0.2) is 42.6 Å². The topological polar surface area (TPSA) is 54.5 Å². The van der Waals surface area contributed by atoms with Crippen LogP contribution in [0.25, 0.3) is 0 Å². The van der Waals surface area contributed by atoms with E-state index in [0.29, 0.717) is 16.5 Å². The van der Waals surface area contributed by atoms with Gasteiger partial charge in [-0.05, 0) is 69.9 Å². The summed E-state index contributed by atoms with van der Waals surface area (Å²) < 4.78 is 5.92. The molecule has 0 unspecified atom stereocenters. The molecular formula is C22H28ClN3O2. The Kier molecular flexibility index (Phi) is 7.15. The largest absolute Gasteiger partial charge is 0.474 e. The number of anilines is 1. The first-order chi connectivity index (χ1) is 13.6. The summed E-state index contributed by atoms with van der Waals surface area (Å²) in [5.41, 5.74) is 1.86. The number of nitrogens with zero attached hydrogens (tertiary/aromatic N) is 2. The van der Waals surface area contributed by atoms with Crippen molar-refractivity contribution >= 4 is 23.2 Å². The molecule has 0 aliphatic heterocycles. The molecule has 3 rings (SSSR count). The average molecular weight is 402 g/mol. The Morgan fingerprint density at radius 3 is 2.36 bits per heavy atom. The summed E-state index contributed by atoms with van der Waals surface area (Å²) >= 11 is 5.85. The van der Waals surface area contributed by atoms with Crippen molar-refractivity contribution in [3.63, 3.8) is 0 Å². The zero-order valence-electron chi connectivity index (χ0n) is 16.5. The lowest BCUT2D eigenvalue weighted by Crippen LogP contribution is -2.39. The number of pyridine rings is 1. The van der Waals surface area contributed by atoms with Crippen molar-refractivity contribution in [2.45, 2.75) is 51.7 Å². The summed E-state index contributed by atoms with van der Waals surface area (Å²) in [4.78, 5) is 19.0. The highest BCUT2D eigenvalue weighted by Gasteiger charge is 2.24. The van der Waals surface area contributed by atoms with Gasteiger partial charge in [0.05, 0.1) is 5.02 Å². The van der Waals surface area contributed by atoms with E-state index in [4.69, 9.17) is 16.3 Å². The van der Waals surface area contributed by atoms with Gasteiger partial charge in [0, 0.05) is 42.6 Å². The zero-order chi connectivity index (χ0) is 19.9. The Morgan fingerprint density at radius 2 is 1.79 bits per heavy atom. The number of hydrogen-bond acceptors (Lipinski definition) is 4. The predicted octanol–water partition coefficient (Wildman–Crippen LogP) is 4.70. The fourth-order valence-electron chi connectivity index (χ4n) is 3.61. The average Bonchev–Trinajstić information content (AvgIpc) is 2.72. The Labute approximate surface area is 172 Å². The number of nitrogens with one attached hydrogen (secondary N) is 1. The molecule has 0 atom stereocenters. The second-order valence-corrected chi connectivity index (χ2v) is 7.54. The molecule has 0 bridgehead atoms. The van der Waals surface area contributed by atoms with Crippen LogP contribution in [0.3, 0.4) is 0 Å². The van der Waals surface area contributed by atoms with Crippen molar-refractivity contribution in [2.24, 2.45) is 0 Å². The Balaban J connectivity index is 1.47. The fraction of sp³-hybridized carbons (Fsp3) is 0.455. The molecule has 1 fully saturated rings. The van der Waals surface area contributed by atoms with Gasteiger partial charge < -0.3 is 15.0 Å². The summed E-state index contributed by atoms with van der Waals surface area (Å²) in [5.74, 6) is 0.597. The van der Waals surface area contributed by atoms with E-state index in [0.717, 1.165) is 44.5 Å². The first-order valence-electron chi connectivity index (χ1n) is 10.0. The second kappa shape index (κ2) is 9.78. The number of hydrogen-bond donors (Lipinski definition) is 1. The molecule has 1 aliphatic rings. The SMILES string of the molecule is CCN(CC)c1ccc(C(=O)NC2CCC(Oc3ccc(Cl)cn3)CC2)cc1. The molecule has 6 heteroatoms. The van der Waals surface area contributed by atoms with Gasteiger partial charge in [-0.15, -0.1) is 0 Å². The van der Waals surface area contributed by atoms with Crippen LogP contribution in [0, 0.1) is 0 Å². The minimum absolute atomic E-state index is 0.00478. The van der Waals surface area contributed by atoms with Crippen molar-refractivity contribution in [1.29, 1.82) is 0 Å². The smallest absolute Gasteiger partial charge is 0.251 e.